The molecule has 0 radical (unpaired) electrons. The van der Waals surface area contributed by atoms with Crippen LogP contribution in [0.3, 0.4) is 0 Å². The monoisotopic (exact) mass is 346 g/mol. The number of benzene rings is 1. The Morgan fingerprint density at radius 3 is 2.52 bits per heavy atom. The van der Waals surface area contributed by atoms with Crippen LogP contribution in [0.25, 0.3) is 0 Å². The Kier molecular flexibility index (Phi) is 9.64. The number of hydrogen-bond acceptors (Lipinski definition) is 4. The van der Waals surface area contributed by atoms with Crippen LogP contribution in [0, 0.1) is 11.3 Å². The van der Waals surface area contributed by atoms with E-state index in [0.29, 0.717) is 12.8 Å². The lowest BCUT2D eigenvalue weighted by Gasteiger charge is -2.24. The lowest BCUT2D eigenvalue weighted by atomic mass is 9.93. The molecular weight excluding hydrogens is 316 g/mol. The molecule has 1 aromatic carbocycles. The number of amides is 1. The van der Waals surface area contributed by atoms with E-state index in [9.17, 15) is 15.2 Å². The molecule has 25 heavy (non-hydrogen) atoms. The van der Waals surface area contributed by atoms with Crippen LogP contribution in [-0.2, 0) is 11.2 Å². The summed E-state index contributed by atoms with van der Waals surface area (Å²) >= 11 is 0. The molecule has 0 heterocycles. The molecule has 0 aliphatic carbocycles. The first-order valence-electron chi connectivity index (χ1n) is 9.08. The van der Waals surface area contributed by atoms with Crippen molar-refractivity contribution in [3.05, 3.63) is 29.8 Å². The van der Waals surface area contributed by atoms with Crippen LogP contribution >= 0.6 is 0 Å². The lowest BCUT2D eigenvalue weighted by Crippen LogP contribution is -2.49. The number of nitriles is 1. The zero-order valence-electron chi connectivity index (χ0n) is 15.4. The Hall–Kier alpha value is -2.06. The van der Waals surface area contributed by atoms with Crippen LogP contribution in [0.1, 0.15) is 57.9 Å². The number of aliphatic hydroxyl groups excluding tert-OH is 1. The molecule has 0 fully saturated rings. The molecule has 5 nitrogen and oxygen atoms in total. The number of rotatable bonds is 12. The first-order chi connectivity index (χ1) is 12.0. The van der Waals surface area contributed by atoms with Gasteiger partial charge in [0, 0.05) is 6.92 Å². The van der Waals surface area contributed by atoms with Gasteiger partial charge in [-0.05, 0) is 43.4 Å². The molecule has 2 N–H and O–H groups in total. The number of ether oxygens (including phenoxy) is 1. The van der Waals surface area contributed by atoms with Crippen molar-refractivity contribution in [1.29, 1.82) is 5.26 Å². The van der Waals surface area contributed by atoms with Gasteiger partial charge in [-0.3, -0.25) is 4.79 Å². The van der Waals surface area contributed by atoms with Crippen LogP contribution in [-0.4, -0.2) is 29.8 Å². The van der Waals surface area contributed by atoms with E-state index in [4.69, 9.17) is 4.74 Å². The highest BCUT2D eigenvalue weighted by Crippen LogP contribution is 2.17. The summed E-state index contributed by atoms with van der Waals surface area (Å²) in [7, 11) is 0. The van der Waals surface area contributed by atoms with Crippen molar-refractivity contribution < 1.29 is 14.6 Å². The summed E-state index contributed by atoms with van der Waals surface area (Å²) in [6.45, 7) is 3.91. The largest absolute Gasteiger partial charge is 0.494 e. The van der Waals surface area contributed by atoms with Crippen molar-refractivity contribution in [2.75, 3.05) is 13.2 Å². The van der Waals surface area contributed by atoms with Gasteiger partial charge in [0.15, 0.2) is 5.54 Å². The van der Waals surface area contributed by atoms with Crippen LogP contribution in [0.4, 0.5) is 0 Å². The lowest BCUT2D eigenvalue weighted by molar-refractivity contribution is -0.120. The van der Waals surface area contributed by atoms with Crippen molar-refractivity contribution in [2.45, 2.75) is 64.3 Å². The summed E-state index contributed by atoms with van der Waals surface area (Å²) in [4.78, 5) is 11.2. The van der Waals surface area contributed by atoms with Crippen LogP contribution in [0.15, 0.2) is 24.3 Å². The Bertz CT molecular complexity index is 551. The third-order valence-corrected chi connectivity index (χ3v) is 4.16. The molecule has 138 valence electrons. The minimum absolute atomic E-state index is 0.309. The van der Waals surface area contributed by atoms with E-state index in [1.165, 1.54) is 26.2 Å². The predicted octanol–water partition coefficient (Wildman–Crippen LogP) is 3.36. The van der Waals surface area contributed by atoms with Crippen LogP contribution in [0.5, 0.6) is 5.75 Å². The maximum Gasteiger partial charge on any atom is 0.218 e. The molecule has 0 aliphatic heterocycles. The van der Waals surface area contributed by atoms with E-state index >= 15 is 0 Å². The van der Waals surface area contributed by atoms with Crippen LogP contribution < -0.4 is 10.1 Å². The Morgan fingerprint density at radius 2 is 1.96 bits per heavy atom. The van der Waals surface area contributed by atoms with E-state index in [1.54, 1.807) is 0 Å². The fourth-order valence-corrected chi connectivity index (χ4v) is 2.70. The number of aryl methyl sites for hydroxylation is 1. The average molecular weight is 346 g/mol. The summed E-state index contributed by atoms with van der Waals surface area (Å²) in [5.74, 6) is 0.566. The predicted molar refractivity (Wildman–Crippen MR) is 98.3 cm³/mol. The number of carbonyl (C=O) groups is 1. The highest BCUT2D eigenvalue weighted by atomic mass is 16.5. The van der Waals surface area contributed by atoms with Gasteiger partial charge >= 0.3 is 0 Å². The van der Waals surface area contributed by atoms with Gasteiger partial charge in [0.05, 0.1) is 19.3 Å². The number of carbonyl (C=O) groups excluding carboxylic acids is 1. The van der Waals surface area contributed by atoms with Crippen molar-refractivity contribution in [2.24, 2.45) is 0 Å². The second-order valence-electron chi connectivity index (χ2n) is 6.44. The molecule has 0 aromatic heterocycles. The molecule has 1 amide bonds. The first-order valence-corrected chi connectivity index (χ1v) is 9.08. The normalized spacial score (nSPS) is 12.9. The summed E-state index contributed by atoms with van der Waals surface area (Å²) < 4.78 is 5.72. The van der Waals surface area contributed by atoms with Gasteiger partial charge < -0.3 is 15.2 Å². The molecule has 1 atom stereocenters. The summed E-state index contributed by atoms with van der Waals surface area (Å²) in [5, 5.41) is 21.3. The van der Waals surface area contributed by atoms with Crippen molar-refractivity contribution in [3.8, 4) is 11.8 Å². The molecule has 0 spiro atoms. The van der Waals surface area contributed by atoms with E-state index in [1.807, 2.05) is 30.3 Å². The minimum Gasteiger partial charge on any atom is -0.494 e. The van der Waals surface area contributed by atoms with Crippen molar-refractivity contribution in [1.82, 2.24) is 5.32 Å². The van der Waals surface area contributed by atoms with Gasteiger partial charge in [0.2, 0.25) is 5.91 Å². The van der Waals surface area contributed by atoms with Gasteiger partial charge in [-0.15, -0.1) is 0 Å². The number of hydrogen-bond donors (Lipinski definition) is 2. The average Bonchev–Trinajstić information content (AvgIpc) is 2.61. The Labute approximate surface area is 151 Å². The van der Waals surface area contributed by atoms with Crippen LogP contribution in [0.2, 0.25) is 0 Å². The minimum atomic E-state index is -1.19. The number of nitrogens with one attached hydrogen (secondary N) is 1. The SMILES string of the molecule is CCCCCCOc1ccc(CCCC(C#N)(CO)NC(C)=O)cc1. The first kappa shape index (κ1) is 21.0. The molecule has 5 heteroatoms. The second kappa shape index (κ2) is 11.5. The molecule has 1 unspecified atom stereocenters. The highest BCUT2D eigenvalue weighted by Gasteiger charge is 2.29. The van der Waals surface area contributed by atoms with E-state index in [0.717, 1.165) is 30.8 Å². The third kappa shape index (κ3) is 8.04. The van der Waals surface area contributed by atoms with Gasteiger partial charge in [-0.25, -0.2) is 0 Å². The quantitative estimate of drug-likeness (QED) is 0.569. The molecule has 1 aromatic rings. The smallest absolute Gasteiger partial charge is 0.218 e. The second-order valence-corrected chi connectivity index (χ2v) is 6.44. The van der Waals surface area contributed by atoms with Gasteiger partial charge in [-0.2, -0.15) is 5.26 Å². The van der Waals surface area contributed by atoms with Gasteiger partial charge in [0.25, 0.3) is 0 Å². The van der Waals surface area contributed by atoms with Crippen molar-refractivity contribution in [3.63, 3.8) is 0 Å². The molecule has 0 saturated carbocycles. The Balaban J connectivity index is 2.40. The molecule has 0 saturated heterocycles. The number of unbranched alkanes of at least 4 members (excludes halogenated alkanes) is 3. The van der Waals surface area contributed by atoms with E-state index in [2.05, 4.69) is 12.2 Å². The fraction of sp³-hybridized carbons (Fsp3) is 0.600. The molecular formula is C20H30N2O3. The maximum absolute atomic E-state index is 11.2. The third-order valence-electron chi connectivity index (χ3n) is 4.16. The van der Waals surface area contributed by atoms with Gasteiger partial charge in [0.1, 0.15) is 5.75 Å². The summed E-state index contributed by atoms with van der Waals surface area (Å²) in [6, 6.07) is 10.00. The van der Waals surface area contributed by atoms with E-state index < -0.39 is 5.54 Å². The summed E-state index contributed by atoms with van der Waals surface area (Å²) in [5.41, 5.74) is -0.0427. The standard InChI is InChI=1S/C20H30N2O3/c1-3-4-5-6-14-25-19-11-9-18(10-12-19)8-7-13-20(15-21,16-23)22-17(2)24/h9-12,23H,3-8,13-14,16H2,1-2H3,(H,22,24). The number of aliphatic hydroxyl groups is 1. The highest BCUT2D eigenvalue weighted by molar-refractivity contribution is 5.74. The topological polar surface area (TPSA) is 82.3 Å². The number of nitrogens with zero attached hydrogens (tertiary/aromatic N) is 1. The van der Waals surface area contributed by atoms with Gasteiger partial charge in [-0.1, -0.05) is 38.3 Å². The van der Waals surface area contributed by atoms with E-state index in [-0.39, 0.29) is 12.5 Å². The molecule has 0 bridgehead atoms. The fourth-order valence-electron chi connectivity index (χ4n) is 2.70. The summed E-state index contributed by atoms with van der Waals surface area (Å²) in [6.07, 6.45) is 6.64. The Morgan fingerprint density at radius 1 is 1.24 bits per heavy atom. The molecule has 1 rings (SSSR count). The molecule has 0 aliphatic rings. The van der Waals surface area contributed by atoms with Crippen molar-refractivity contribution >= 4 is 5.91 Å². The zero-order chi connectivity index (χ0) is 18.5. The maximum atomic E-state index is 11.2. The zero-order valence-corrected chi connectivity index (χ0v) is 15.4.